The Kier molecular flexibility index (Phi) is 3.66. The number of carbonyl (C=O) groups is 1. The fourth-order valence-electron chi connectivity index (χ4n) is 3.80. The lowest BCUT2D eigenvalue weighted by Gasteiger charge is -2.25. The number of H-pyrrole nitrogens is 1. The minimum atomic E-state index is -4.37. The standard InChI is InChI=1S/C16H16F3N5O/c17-16(18,19)12-3-1-2-4-13(12)23-5-10-7-24(8-11(10)6-23)15(25)14-20-9-21-22-14/h1-4,9-11H,5-8H2,(H,20,21,22)/t10-,11+. The number of alkyl halides is 3. The zero-order valence-electron chi connectivity index (χ0n) is 13.2. The summed E-state index contributed by atoms with van der Waals surface area (Å²) in [5.41, 5.74) is -0.387. The SMILES string of the molecule is O=C(c1ncn[nH]1)N1C[C@@H]2CN(c3ccccc3C(F)(F)F)C[C@@H]2C1. The predicted molar refractivity (Wildman–Crippen MR) is 82.9 cm³/mol. The largest absolute Gasteiger partial charge is 0.418 e. The number of aromatic nitrogens is 3. The maximum atomic E-state index is 13.2. The van der Waals surface area contributed by atoms with Crippen molar-refractivity contribution in [2.24, 2.45) is 11.8 Å². The van der Waals surface area contributed by atoms with Gasteiger partial charge in [-0.3, -0.25) is 9.89 Å². The smallest absolute Gasteiger partial charge is 0.370 e. The van der Waals surface area contributed by atoms with Crippen LogP contribution in [0.4, 0.5) is 18.9 Å². The molecule has 2 aromatic rings. The van der Waals surface area contributed by atoms with Crippen LogP contribution in [0.3, 0.4) is 0 Å². The average Bonchev–Trinajstić information content (AvgIpc) is 3.29. The van der Waals surface area contributed by atoms with Gasteiger partial charge in [-0.05, 0) is 12.1 Å². The van der Waals surface area contributed by atoms with Gasteiger partial charge in [-0.1, -0.05) is 12.1 Å². The van der Waals surface area contributed by atoms with E-state index in [1.807, 2.05) is 0 Å². The van der Waals surface area contributed by atoms with Gasteiger partial charge in [0.25, 0.3) is 5.91 Å². The Morgan fingerprint density at radius 2 is 1.80 bits per heavy atom. The van der Waals surface area contributed by atoms with E-state index >= 15 is 0 Å². The summed E-state index contributed by atoms with van der Waals surface area (Å²) in [6, 6.07) is 5.66. The van der Waals surface area contributed by atoms with E-state index in [1.165, 1.54) is 18.5 Å². The van der Waals surface area contributed by atoms with Gasteiger partial charge < -0.3 is 9.80 Å². The van der Waals surface area contributed by atoms with Crippen LogP contribution in [-0.4, -0.2) is 52.2 Å². The van der Waals surface area contributed by atoms with Crippen molar-refractivity contribution in [3.63, 3.8) is 0 Å². The monoisotopic (exact) mass is 351 g/mol. The minimum absolute atomic E-state index is 0.160. The molecule has 2 atom stereocenters. The van der Waals surface area contributed by atoms with Gasteiger partial charge in [-0.25, -0.2) is 4.98 Å². The van der Waals surface area contributed by atoms with Crippen molar-refractivity contribution < 1.29 is 18.0 Å². The highest BCUT2D eigenvalue weighted by atomic mass is 19.4. The van der Waals surface area contributed by atoms with Gasteiger partial charge >= 0.3 is 6.18 Å². The van der Waals surface area contributed by atoms with Crippen LogP contribution >= 0.6 is 0 Å². The zero-order valence-corrected chi connectivity index (χ0v) is 13.2. The van der Waals surface area contributed by atoms with Crippen molar-refractivity contribution >= 4 is 11.6 Å². The first-order chi connectivity index (χ1) is 11.9. The summed E-state index contributed by atoms with van der Waals surface area (Å²) < 4.78 is 39.7. The summed E-state index contributed by atoms with van der Waals surface area (Å²) in [4.78, 5) is 19.7. The van der Waals surface area contributed by atoms with Gasteiger partial charge in [0.1, 0.15) is 6.33 Å². The van der Waals surface area contributed by atoms with E-state index in [0.717, 1.165) is 6.07 Å². The second-order valence-corrected chi connectivity index (χ2v) is 6.48. The van der Waals surface area contributed by atoms with E-state index in [2.05, 4.69) is 15.2 Å². The van der Waals surface area contributed by atoms with E-state index in [9.17, 15) is 18.0 Å². The molecule has 2 aliphatic rings. The number of para-hydroxylation sites is 1. The molecule has 0 spiro atoms. The summed E-state index contributed by atoms with van der Waals surface area (Å²) in [7, 11) is 0. The molecule has 0 radical (unpaired) electrons. The molecule has 0 unspecified atom stereocenters. The number of amides is 1. The number of nitrogens with zero attached hydrogens (tertiary/aromatic N) is 4. The summed E-state index contributed by atoms with van der Waals surface area (Å²) in [5.74, 6) is 0.301. The van der Waals surface area contributed by atoms with Crippen LogP contribution in [0.15, 0.2) is 30.6 Å². The number of hydrogen-bond donors (Lipinski definition) is 1. The molecule has 0 saturated carbocycles. The third-order valence-corrected chi connectivity index (χ3v) is 4.94. The fourth-order valence-corrected chi connectivity index (χ4v) is 3.80. The number of halogens is 3. The summed E-state index contributed by atoms with van der Waals surface area (Å²) in [5, 5.41) is 6.22. The number of carbonyl (C=O) groups excluding carboxylic acids is 1. The summed E-state index contributed by atoms with van der Waals surface area (Å²) >= 11 is 0. The van der Waals surface area contributed by atoms with Crippen LogP contribution in [-0.2, 0) is 6.18 Å². The first-order valence-electron chi connectivity index (χ1n) is 7.99. The van der Waals surface area contributed by atoms with Gasteiger partial charge in [0.05, 0.1) is 5.56 Å². The molecule has 1 aromatic carbocycles. The molecule has 25 heavy (non-hydrogen) atoms. The minimum Gasteiger partial charge on any atom is -0.370 e. The zero-order chi connectivity index (χ0) is 17.6. The molecular formula is C16H16F3N5O. The molecule has 3 heterocycles. The summed E-state index contributed by atoms with van der Waals surface area (Å²) in [6.07, 6.45) is -3.09. The Balaban J connectivity index is 1.48. The molecular weight excluding hydrogens is 335 g/mol. The molecule has 6 nitrogen and oxygen atoms in total. The van der Waals surface area contributed by atoms with E-state index in [1.54, 1.807) is 15.9 Å². The molecule has 0 aliphatic carbocycles. The topological polar surface area (TPSA) is 65.1 Å². The molecule has 132 valence electrons. The van der Waals surface area contributed by atoms with E-state index < -0.39 is 11.7 Å². The second-order valence-electron chi connectivity index (χ2n) is 6.48. The number of benzene rings is 1. The molecule has 1 aromatic heterocycles. The normalized spacial score (nSPS) is 23.2. The molecule has 2 saturated heterocycles. The molecule has 4 rings (SSSR count). The van der Waals surface area contributed by atoms with Gasteiger partial charge in [0.15, 0.2) is 0 Å². The van der Waals surface area contributed by atoms with Crippen molar-refractivity contribution in [2.45, 2.75) is 6.18 Å². The Bertz CT molecular complexity index is 762. The number of rotatable bonds is 2. The van der Waals surface area contributed by atoms with Gasteiger partial charge in [-0.2, -0.15) is 18.3 Å². The van der Waals surface area contributed by atoms with Crippen molar-refractivity contribution in [3.8, 4) is 0 Å². The highest BCUT2D eigenvalue weighted by Gasteiger charge is 2.44. The molecule has 2 fully saturated rings. The van der Waals surface area contributed by atoms with Crippen LogP contribution < -0.4 is 4.90 Å². The summed E-state index contributed by atoms with van der Waals surface area (Å²) in [6.45, 7) is 2.07. The lowest BCUT2D eigenvalue weighted by molar-refractivity contribution is -0.137. The highest BCUT2D eigenvalue weighted by molar-refractivity contribution is 5.90. The van der Waals surface area contributed by atoms with Crippen molar-refractivity contribution in [3.05, 3.63) is 42.0 Å². The Morgan fingerprint density at radius 1 is 1.12 bits per heavy atom. The Labute approximate surface area is 141 Å². The van der Waals surface area contributed by atoms with Crippen LogP contribution in [0.2, 0.25) is 0 Å². The highest BCUT2D eigenvalue weighted by Crippen LogP contribution is 2.40. The van der Waals surface area contributed by atoms with E-state index in [-0.39, 0.29) is 29.3 Å². The molecule has 0 bridgehead atoms. The fraction of sp³-hybridized carbons (Fsp3) is 0.438. The molecule has 9 heteroatoms. The number of anilines is 1. The first kappa shape index (κ1) is 15.9. The third kappa shape index (κ3) is 2.83. The lowest BCUT2D eigenvalue weighted by atomic mass is 10.0. The quantitative estimate of drug-likeness (QED) is 0.899. The van der Waals surface area contributed by atoms with Crippen LogP contribution in [0, 0.1) is 11.8 Å². The maximum Gasteiger partial charge on any atom is 0.418 e. The van der Waals surface area contributed by atoms with Gasteiger partial charge in [-0.15, -0.1) is 0 Å². The van der Waals surface area contributed by atoms with E-state index in [4.69, 9.17) is 0 Å². The molecule has 1 N–H and O–H groups in total. The average molecular weight is 351 g/mol. The van der Waals surface area contributed by atoms with Crippen molar-refractivity contribution in [1.82, 2.24) is 20.1 Å². The van der Waals surface area contributed by atoms with Crippen molar-refractivity contribution in [2.75, 3.05) is 31.1 Å². The van der Waals surface area contributed by atoms with Crippen LogP contribution in [0.25, 0.3) is 0 Å². The van der Waals surface area contributed by atoms with Crippen molar-refractivity contribution in [1.29, 1.82) is 0 Å². The number of aromatic amines is 1. The van der Waals surface area contributed by atoms with Crippen LogP contribution in [0.5, 0.6) is 0 Å². The maximum absolute atomic E-state index is 13.2. The third-order valence-electron chi connectivity index (χ3n) is 4.94. The van der Waals surface area contributed by atoms with Gasteiger partial charge in [0.2, 0.25) is 5.82 Å². The number of fused-ring (bicyclic) bond motifs is 1. The first-order valence-corrected chi connectivity index (χ1v) is 7.99. The number of hydrogen-bond acceptors (Lipinski definition) is 4. The second kappa shape index (κ2) is 5.75. The molecule has 2 aliphatic heterocycles. The number of likely N-dealkylation sites (tertiary alicyclic amines) is 1. The predicted octanol–water partition coefficient (Wildman–Crippen LogP) is 2.03. The van der Waals surface area contributed by atoms with E-state index in [0.29, 0.717) is 26.2 Å². The Hall–Kier alpha value is -2.58. The lowest BCUT2D eigenvalue weighted by Crippen LogP contribution is -2.34. The molecule has 1 amide bonds. The number of nitrogens with one attached hydrogen (secondary N) is 1. The van der Waals surface area contributed by atoms with Crippen LogP contribution in [0.1, 0.15) is 16.2 Å². The Morgan fingerprint density at radius 3 is 2.40 bits per heavy atom. The van der Waals surface area contributed by atoms with Gasteiger partial charge in [0, 0.05) is 43.7 Å².